The molecule has 0 aliphatic carbocycles. The fourth-order valence-corrected chi connectivity index (χ4v) is 2.66. The zero-order valence-corrected chi connectivity index (χ0v) is 14.2. The fourth-order valence-electron chi connectivity index (χ4n) is 2.66. The first kappa shape index (κ1) is 18.9. The predicted molar refractivity (Wildman–Crippen MR) is 85.6 cm³/mol. The highest BCUT2D eigenvalue weighted by Gasteiger charge is 2.30. The number of hydrogen-bond donors (Lipinski definition) is 1. The van der Waals surface area contributed by atoms with Crippen molar-refractivity contribution in [2.45, 2.75) is 66.7 Å². The summed E-state index contributed by atoms with van der Waals surface area (Å²) < 4.78 is 5.11. The third kappa shape index (κ3) is 7.94. The van der Waals surface area contributed by atoms with Gasteiger partial charge < -0.3 is 10.1 Å². The molecule has 0 aromatic rings. The van der Waals surface area contributed by atoms with Crippen molar-refractivity contribution in [1.29, 1.82) is 0 Å². The van der Waals surface area contributed by atoms with Crippen LogP contribution in [0.1, 0.15) is 66.7 Å². The van der Waals surface area contributed by atoms with Gasteiger partial charge in [0.25, 0.3) is 0 Å². The van der Waals surface area contributed by atoms with Gasteiger partial charge in [-0.1, -0.05) is 60.3 Å². The highest BCUT2D eigenvalue weighted by Crippen LogP contribution is 2.36. The first-order chi connectivity index (χ1) is 9.00. The number of ether oxygens (including phenoxy) is 1. The van der Waals surface area contributed by atoms with Crippen LogP contribution in [0.5, 0.6) is 0 Å². The topological polar surface area (TPSA) is 21.3 Å². The van der Waals surface area contributed by atoms with E-state index in [2.05, 4.69) is 39.9 Å². The molecule has 0 radical (unpaired) electrons. The van der Waals surface area contributed by atoms with Gasteiger partial charge in [0.15, 0.2) is 0 Å². The Balaban J connectivity index is 4.33. The maximum atomic E-state index is 5.11. The second-order valence-electron chi connectivity index (χ2n) is 6.60. The van der Waals surface area contributed by atoms with Gasteiger partial charge in [0.05, 0.1) is 6.61 Å². The monoisotopic (exact) mass is 271 g/mol. The summed E-state index contributed by atoms with van der Waals surface area (Å²) in [5, 5.41) is 3.57. The van der Waals surface area contributed by atoms with Gasteiger partial charge >= 0.3 is 0 Å². The van der Waals surface area contributed by atoms with Crippen LogP contribution in [-0.4, -0.2) is 26.8 Å². The minimum Gasteiger partial charge on any atom is -0.383 e. The van der Waals surface area contributed by atoms with Gasteiger partial charge in [-0.25, -0.2) is 0 Å². The van der Waals surface area contributed by atoms with E-state index in [1.807, 2.05) is 0 Å². The summed E-state index contributed by atoms with van der Waals surface area (Å²) in [5.41, 5.74) is 0.405. The average molecular weight is 271 g/mol. The molecule has 116 valence electrons. The molecule has 0 bridgehead atoms. The zero-order valence-electron chi connectivity index (χ0n) is 14.2. The molecule has 0 aliphatic rings. The van der Waals surface area contributed by atoms with Gasteiger partial charge in [0.2, 0.25) is 0 Å². The summed E-state index contributed by atoms with van der Waals surface area (Å²) in [6.07, 6.45) is 6.76. The molecular weight excluding hydrogens is 234 g/mol. The van der Waals surface area contributed by atoms with E-state index in [4.69, 9.17) is 4.74 Å². The molecule has 0 aliphatic heterocycles. The minimum atomic E-state index is 0.405. The van der Waals surface area contributed by atoms with E-state index >= 15 is 0 Å². The number of hydrogen-bond acceptors (Lipinski definition) is 2. The molecule has 0 spiro atoms. The Labute approximate surface area is 121 Å². The first-order valence-electron chi connectivity index (χ1n) is 8.19. The molecule has 2 heteroatoms. The quantitative estimate of drug-likeness (QED) is 0.528. The lowest BCUT2D eigenvalue weighted by atomic mass is 9.71. The highest BCUT2D eigenvalue weighted by atomic mass is 16.5. The van der Waals surface area contributed by atoms with Gasteiger partial charge in [-0.3, -0.25) is 0 Å². The van der Waals surface area contributed by atoms with Crippen LogP contribution >= 0.6 is 0 Å². The molecule has 0 saturated carbocycles. The number of methoxy groups -OCH3 is 1. The van der Waals surface area contributed by atoms with E-state index in [0.29, 0.717) is 5.41 Å². The zero-order chi connectivity index (χ0) is 14.7. The number of rotatable bonds is 12. The lowest BCUT2D eigenvalue weighted by Crippen LogP contribution is -2.38. The standard InChI is InChI=1S/C17H37NO/c1-7-9-10-16(8-2)13-17(5,15(3)4)14-18-11-12-19-6/h15-16,18H,7-14H2,1-6H3. The Morgan fingerprint density at radius 2 is 1.89 bits per heavy atom. The smallest absolute Gasteiger partial charge is 0.0587 e. The van der Waals surface area contributed by atoms with Crippen molar-refractivity contribution in [2.75, 3.05) is 26.8 Å². The Hall–Kier alpha value is -0.0800. The van der Waals surface area contributed by atoms with E-state index in [1.165, 1.54) is 32.1 Å². The second kappa shape index (κ2) is 10.7. The summed E-state index contributed by atoms with van der Waals surface area (Å²) >= 11 is 0. The molecule has 2 nitrogen and oxygen atoms in total. The second-order valence-corrected chi connectivity index (χ2v) is 6.60. The van der Waals surface area contributed by atoms with Crippen molar-refractivity contribution in [2.24, 2.45) is 17.3 Å². The van der Waals surface area contributed by atoms with Crippen molar-refractivity contribution in [1.82, 2.24) is 5.32 Å². The molecular formula is C17H37NO. The lowest BCUT2D eigenvalue weighted by molar-refractivity contribution is 0.140. The van der Waals surface area contributed by atoms with Crippen molar-refractivity contribution < 1.29 is 4.74 Å². The fraction of sp³-hybridized carbons (Fsp3) is 1.00. The molecule has 19 heavy (non-hydrogen) atoms. The normalized spacial score (nSPS) is 16.6. The van der Waals surface area contributed by atoms with Gasteiger partial charge in [-0.05, 0) is 23.7 Å². The molecule has 0 rings (SSSR count). The molecule has 2 atom stereocenters. The molecule has 0 aromatic carbocycles. The van der Waals surface area contributed by atoms with Crippen molar-refractivity contribution >= 4 is 0 Å². The van der Waals surface area contributed by atoms with Gasteiger partial charge in [0.1, 0.15) is 0 Å². The van der Waals surface area contributed by atoms with Crippen LogP contribution in [0.3, 0.4) is 0 Å². The predicted octanol–water partition coefficient (Wildman–Crippen LogP) is 4.49. The van der Waals surface area contributed by atoms with Gasteiger partial charge in [-0.2, -0.15) is 0 Å². The van der Waals surface area contributed by atoms with Crippen LogP contribution in [0.15, 0.2) is 0 Å². The van der Waals surface area contributed by atoms with Crippen LogP contribution < -0.4 is 5.32 Å². The minimum absolute atomic E-state index is 0.405. The first-order valence-corrected chi connectivity index (χ1v) is 8.19. The summed E-state index contributed by atoms with van der Waals surface area (Å²) in [4.78, 5) is 0. The van der Waals surface area contributed by atoms with E-state index < -0.39 is 0 Å². The van der Waals surface area contributed by atoms with Crippen LogP contribution in [0.4, 0.5) is 0 Å². The van der Waals surface area contributed by atoms with Crippen molar-refractivity contribution in [3.63, 3.8) is 0 Å². The SMILES string of the molecule is CCCCC(CC)CC(C)(CNCCOC)C(C)C. The highest BCUT2D eigenvalue weighted by molar-refractivity contribution is 4.83. The number of nitrogens with one attached hydrogen (secondary N) is 1. The molecule has 0 heterocycles. The van der Waals surface area contributed by atoms with Gasteiger partial charge in [0, 0.05) is 20.2 Å². The average Bonchev–Trinajstić information content (AvgIpc) is 2.39. The van der Waals surface area contributed by atoms with Gasteiger partial charge in [-0.15, -0.1) is 0 Å². The van der Waals surface area contributed by atoms with E-state index in [-0.39, 0.29) is 0 Å². The third-order valence-electron chi connectivity index (χ3n) is 4.70. The molecule has 0 saturated heterocycles. The Morgan fingerprint density at radius 1 is 1.21 bits per heavy atom. The summed E-state index contributed by atoms with van der Waals surface area (Å²) in [7, 11) is 1.77. The maximum absolute atomic E-state index is 5.11. The van der Waals surface area contributed by atoms with E-state index in [9.17, 15) is 0 Å². The maximum Gasteiger partial charge on any atom is 0.0587 e. The molecule has 1 N–H and O–H groups in total. The Bertz CT molecular complexity index is 205. The number of unbranched alkanes of at least 4 members (excludes halogenated alkanes) is 1. The van der Waals surface area contributed by atoms with Crippen molar-refractivity contribution in [3.8, 4) is 0 Å². The lowest BCUT2D eigenvalue weighted by Gasteiger charge is -2.37. The molecule has 0 aromatic heterocycles. The Morgan fingerprint density at radius 3 is 2.37 bits per heavy atom. The van der Waals surface area contributed by atoms with Crippen LogP contribution in [-0.2, 0) is 4.74 Å². The van der Waals surface area contributed by atoms with E-state index in [1.54, 1.807) is 7.11 Å². The molecule has 2 unspecified atom stereocenters. The van der Waals surface area contributed by atoms with Crippen LogP contribution in [0, 0.1) is 17.3 Å². The molecule has 0 fully saturated rings. The van der Waals surface area contributed by atoms with Crippen molar-refractivity contribution in [3.05, 3.63) is 0 Å². The summed E-state index contributed by atoms with van der Waals surface area (Å²) in [6.45, 7) is 14.7. The van der Waals surface area contributed by atoms with Crippen LogP contribution in [0.2, 0.25) is 0 Å². The van der Waals surface area contributed by atoms with E-state index in [0.717, 1.165) is 31.5 Å². The summed E-state index contributed by atoms with van der Waals surface area (Å²) in [5.74, 6) is 1.61. The Kier molecular flexibility index (Phi) is 10.6. The summed E-state index contributed by atoms with van der Waals surface area (Å²) in [6, 6.07) is 0. The third-order valence-corrected chi connectivity index (χ3v) is 4.70. The van der Waals surface area contributed by atoms with Crippen LogP contribution in [0.25, 0.3) is 0 Å². The molecule has 0 amide bonds. The largest absolute Gasteiger partial charge is 0.383 e.